The molecule has 18 heavy (non-hydrogen) atoms. The van der Waals surface area contributed by atoms with E-state index in [1.54, 1.807) is 13.4 Å². The number of carboxylic acids is 1. The second kappa shape index (κ2) is 4.37. The van der Waals surface area contributed by atoms with Crippen LogP contribution in [0.2, 0.25) is 0 Å². The summed E-state index contributed by atoms with van der Waals surface area (Å²) in [5.41, 5.74) is 1.16. The molecule has 1 aromatic carbocycles. The molecule has 0 amide bonds. The van der Waals surface area contributed by atoms with Crippen LogP contribution in [0.25, 0.3) is 11.0 Å². The number of furan rings is 1. The number of carbonyl (C=O) groups is 1. The third-order valence-electron chi connectivity index (χ3n) is 3.11. The molecule has 0 aliphatic rings. The van der Waals surface area contributed by atoms with Gasteiger partial charge in [0.2, 0.25) is 0 Å². The number of benzene rings is 1. The lowest BCUT2D eigenvalue weighted by atomic mass is 9.81. The summed E-state index contributed by atoms with van der Waals surface area (Å²) in [7, 11) is 1.57. The normalized spacial score (nSPS) is 11.7. The van der Waals surface area contributed by atoms with E-state index in [2.05, 4.69) is 0 Å². The van der Waals surface area contributed by atoms with Gasteiger partial charge in [-0.05, 0) is 23.8 Å². The van der Waals surface area contributed by atoms with E-state index < -0.39 is 11.4 Å². The van der Waals surface area contributed by atoms with Crippen molar-refractivity contribution in [3.8, 4) is 5.75 Å². The minimum absolute atomic E-state index is 0.0690. The smallest absolute Gasteiger partial charge is 0.304 e. The fraction of sp³-hybridized carbons (Fsp3) is 0.357. The highest BCUT2D eigenvalue weighted by atomic mass is 16.5. The van der Waals surface area contributed by atoms with E-state index in [0.29, 0.717) is 11.3 Å². The summed E-state index contributed by atoms with van der Waals surface area (Å²) in [4.78, 5) is 10.9. The number of aliphatic carboxylic acids is 1. The molecule has 4 nitrogen and oxygen atoms in total. The Balaban J connectivity index is 2.54. The third kappa shape index (κ3) is 2.18. The zero-order valence-corrected chi connectivity index (χ0v) is 10.7. The Labute approximate surface area is 105 Å². The second-order valence-corrected chi connectivity index (χ2v) is 4.97. The second-order valence-electron chi connectivity index (χ2n) is 4.97. The van der Waals surface area contributed by atoms with E-state index >= 15 is 0 Å². The predicted molar refractivity (Wildman–Crippen MR) is 68.0 cm³/mol. The molecule has 0 atom stereocenters. The monoisotopic (exact) mass is 248 g/mol. The fourth-order valence-electron chi connectivity index (χ4n) is 2.07. The highest BCUT2D eigenvalue weighted by Gasteiger charge is 2.25. The zero-order valence-electron chi connectivity index (χ0n) is 10.7. The lowest BCUT2D eigenvalue weighted by Gasteiger charge is -2.23. The van der Waals surface area contributed by atoms with Crippen molar-refractivity contribution >= 4 is 16.9 Å². The van der Waals surface area contributed by atoms with Crippen molar-refractivity contribution < 1.29 is 19.1 Å². The maximum absolute atomic E-state index is 10.9. The molecular formula is C14H16O4. The molecule has 1 N–H and O–H groups in total. The van der Waals surface area contributed by atoms with E-state index in [1.807, 2.05) is 32.0 Å². The van der Waals surface area contributed by atoms with Gasteiger partial charge in [-0.1, -0.05) is 13.8 Å². The highest BCUT2D eigenvalue weighted by molar-refractivity contribution is 5.84. The molecule has 4 heteroatoms. The minimum Gasteiger partial charge on any atom is -0.493 e. The van der Waals surface area contributed by atoms with Gasteiger partial charge in [0.05, 0.1) is 19.8 Å². The molecule has 96 valence electrons. The zero-order chi connectivity index (χ0) is 13.3. The number of methoxy groups -OCH3 is 1. The first kappa shape index (κ1) is 12.5. The molecule has 0 saturated heterocycles. The third-order valence-corrected chi connectivity index (χ3v) is 3.11. The summed E-state index contributed by atoms with van der Waals surface area (Å²) in [6.45, 7) is 3.81. The standard InChI is InChI=1S/C14H16O4/c1-14(2,8-12(15)16)10-6-9-4-5-18-13(9)11(7-10)17-3/h4-7H,8H2,1-3H3,(H,15,16). The van der Waals surface area contributed by atoms with E-state index in [0.717, 1.165) is 10.9 Å². The van der Waals surface area contributed by atoms with Gasteiger partial charge in [-0.25, -0.2) is 0 Å². The maximum Gasteiger partial charge on any atom is 0.304 e. The van der Waals surface area contributed by atoms with Gasteiger partial charge in [-0.3, -0.25) is 4.79 Å². The van der Waals surface area contributed by atoms with Crippen molar-refractivity contribution in [3.05, 3.63) is 30.0 Å². The highest BCUT2D eigenvalue weighted by Crippen LogP contribution is 2.35. The van der Waals surface area contributed by atoms with Gasteiger partial charge in [0.1, 0.15) is 0 Å². The number of hydrogen-bond donors (Lipinski definition) is 1. The lowest BCUT2D eigenvalue weighted by Crippen LogP contribution is -2.21. The van der Waals surface area contributed by atoms with Gasteiger partial charge in [-0.2, -0.15) is 0 Å². The molecule has 0 unspecified atom stereocenters. The Bertz CT molecular complexity index is 580. The average Bonchev–Trinajstić information content (AvgIpc) is 2.73. The first-order valence-corrected chi connectivity index (χ1v) is 5.71. The Morgan fingerprint density at radius 1 is 1.44 bits per heavy atom. The number of fused-ring (bicyclic) bond motifs is 1. The molecule has 2 rings (SSSR count). The molecule has 0 radical (unpaired) electrons. The molecule has 1 aromatic heterocycles. The van der Waals surface area contributed by atoms with Gasteiger partial charge < -0.3 is 14.3 Å². The summed E-state index contributed by atoms with van der Waals surface area (Å²) >= 11 is 0. The van der Waals surface area contributed by atoms with E-state index in [9.17, 15) is 4.79 Å². The summed E-state index contributed by atoms with van der Waals surface area (Å²) < 4.78 is 10.6. The van der Waals surface area contributed by atoms with Crippen molar-refractivity contribution in [2.45, 2.75) is 25.7 Å². The molecular weight excluding hydrogens is 232 g/mol. The maximum atomic E-state index is 10.9. The minimum atomic E-state index is -0.814. The number of ether oxygens (including phenoxy) is 1. The lowest BCUT2D eigenvalue weighted by molar-refractivity contribution is -0.138. The fourth-order valence-corrected chi connectivity index (χ4v) is 2.07. The van der Waals surface area contributed by atoms with Crippen LogP contribution in [0.1, 0.15) is 25.8 Å². The van der Waals surface area contributed by atoms with Crippen LogP contribution in [-0.2, 0) is 10.2 Å². The van der Waals surface area contributed by atoms with Crippen LogP contribution >= 0.6 is 0 Å². The Hall–Kier alpha value is -1.97. The van der Waals surface area contributed by atoms with Crippen LogP contribution in [0.5, 0.6) is 5.75 Å². The summed E-state index contributed by atoms with van der Waals surface area (Å²) in [6.07, 6.45) is 1.67. The number of hydrogen-bond acceptors (Lipinski definition) is 3. The van der Waals surface area contributed by atoms with Crippen molar-refractivity contribution in [1.82, 2.24) is 0 Å². The van der Waals surface area contributed by atoms with Crippen molar-refractivity contribution in [2.24, 2.45) is 0 Å². The Morgan fingerprint density at radius 2 is 2.17 bits per heavy atom. The topological polar surface area (TPSA) is 59.7 Å². The first-order valence-electron chi connectivity index (χ1n) is 5.71. The average molecular weight is 248 g/mol. The molecule has 0 aliphatic carbocycles. The van der Waals surface area contributed by atoms with Crippen LogP contribution in [0.3, 0.4) is 0 Å². The van der Waals surface area contributed by atoms with Gasteiger partial charge in [0.25, 0.3) is 0 Å². The van der Waals surface area contributed by atoms with Gasteiger partial charge >= 0.3 is 5.97 Å². The van der Waals surface area contributed by atoms with Crippen molar-refractivity contribution in [2.75, 3.05) is 7.11 Å². The SMILES string of the molecule is COc1cc(C(C)(C)CC(=O)O)cc2ccoc12. The quantitative estimate of drug-likeness (QED) is 0.902. The number of carboxylic acid groups (broad SMARTS) is 1. The largest absolute Gasteiger partial charge is 0.493 e. The van der Waals surface area contributed by atoms with E-state index in [4.69, 9.17) is 14.3 Å². The molecule has 0 fully saturated rings. The predicted octanol–water partition coefficient (Wildman–Crippen LogP) is 3.19. The van der Waals surface area contributed by atoms with E-state index in [1.165, 1.54) is 0 Å². The van der Waals surface area contributed by atoms with Crippen molar-refractivity contribution in [1.29, 1.82) is 0 Å². The van der Waals surface area contributed by atoms with Crippen LogP contribution < -0.4 is 4.74 Å². The summed E-state index contributed by atoms with van der Waals surface area (Å²) in [6, 6.07) is 5.64. The van der Waals surface area contributed by atoms with Crippen molar-refractivity contribution in [3.63, 3.8) is 0 Å². The van der Waals surface area contributed by atoms with Gasteiger partial charge in [-0.15, -0.1) is 0 Å². The Kier molecular flexibility index (Phi) is 3.03. The summed E-state index contributed by atoms with van der Waals surface area (Å²) in [5.74, 6) is -0.183. The first-order chi connectivity index (χ1) is 8.44. The molecule has 0 spiro atoms. The molecule has 2 aromatic rings. The molecule has 0 bridgehead atoms. The van der Waals surface area contributed by atoms with Crippen LogP contribution in [-0.4, -0.2) is 18.2 Å². The molecule has 0 aliphatic heterocycles. The molecule has 1 heterocycles. The van der Waals surface area contributed by atoms with Gasteiger partial charge in [0, 0.05) is 10.8 Å². The Morgan fingerprint density at radius 3 is 2.78 bits per heavy atom. The van der Waals surface area contributed by atoms with Crippen LogP contribution in [0.15, 0.2) is 28.9 Å². The van der Waals surface area contributed by atoms with E-state index in [-0.39, 0.29) is 6.42 Å². The summed E-state index contributed by atoms with van der Waals surface area (Å²) in [5, 5.41) is 9.88. The van der Waals surface area contributed by atoms with Gasteiger partial charge in [0.15, 0.2) is 11.3 Å². The molecule has 0 saturated carbocycles. The van der Waals surface area contributed by atoms with Crippen LogP contribution in [0.4, 0.5) is 0 Å². The number of rotatable bonds is 4. The van der Waals surface area contributed by atoms with Crippen LogP contribution in [0, 0.1) is 0 Å².